The number of piperidine rings is 1. The molecule has 5 nitrogen and oxygen atoms in total. The molecule has 1 fully saturated rings. The Morgan fingerprint density at radius 1 is 1.46 bits per heavy atom. The maximum absolute atomic E-state index is 12.9. The molecule has 0 aliphatic carbocycles. The van der Waals surface area contributed by atoms with Crippen molar-refractivity contribution in [1.82, 2.24) is 10.6 Å². The van der Waals surface area contributed by atoms with E-state index in [1.165, 1.54) is 6.08 Å². The number of carbonyl (C=O) groups excluding carboxylic acids is 2. The Balaban J connectivity index is 2.21. The van der Waals surface area contributed by atoms with Crippen LogP contribution in [0.2, 0.25) is 0 Å². The van der Waals surface area contributed by atoms with Crippen LogP contribution in [0.25, 0.3) is 0 Å². The van der Waals surface area contributed by atoms with Crippen LogP contribution >= 0.6 is 0 Å². The predicted octanol–water partition coefficient (Wildman–Crippen LogP) is 2.28. The summed E-state index contributed by atoms with van der Waals surface area (Å²) in [6.45, 7) is 3.77. The van der Waals surface area contributed by atoms with Crippen LogP contribution < -0.4 is 15.4 Å². The zero-order valence-corrected chi connectivity index (χ0v) is 12.8. The number of nitrogens with one attached hydrogen (secondary N) is 2. The SMILES string of the molecule is C=CCOc1ccc(C(F)(F)F)cc1C(=O)N[C@@H]1CCC(=O)NC1. The summed E-state index contributed by atoms with van der Waals surface area (Å²) >= 11 is 0. The summed E-state index contributed by atoms with van der Waals surface area (Å²) in [6.07, 6.45) is -2.45. The Hall–Kier alpha value is -2.51. The first kappa shape index (κ1) is 17.8. The number of hydrogen-bond donors (Lipinski definition) is 2. The van der Waals surface area contributed by atoms with Crippen LogP contribution in [0.3, 0.4) is 0 Å². The van der Waals surface area contributed by atoms with Crippen molar-refractivity contribution in [2.24, 2.45) is 0 Å². The summed E-state index contributed by atoms with van der Waals surface area (Å²) in [5.41, 5.74) is -1.14. The molecule has 1 aromatic carbocycles. The molecule has 2 rings (SSSR count). The van der Waals surface area contributed by atoms with Crippen molar-refractivity contribution < 1.29 is 27.5 Å². The standard InChI is InChI=1S/C16H17F3N2O3/c1-2-7-24-13-5-3-10(16(17,18)19)8-12(13)15(23)21-11-4-6-14(22)20-9-11/h2-3,5,8,11H,1,4,6-7,9H2,(H,20,22)(H,21,23)/t11-/m1/s1. The van der Waals surface area contributed by atoms with E-state index in [4.69, 9.17) is 4.74 Å². The lowest BCUT2D eigenvalue weighted by molar-refractivity contribution is -0.137. The van der Waals surface area contributed by atoms with Gasteiger partial charge in [0.25, 0.3) is 5.91 Å². The molecular formula is C16H17F3N2O3. The first-order chi connectivity index (χ1) is 11.3. The highest BCUT2D eigenvalue weighted by Crippen LogP contribution is 2.32. The molecule has 0 aromatic heterocycles. The van der Waals surface area contributed by atoms with Gasteiger partial charge in [0, 0.05) is 19.0 Å². The molecular weight excluding hydrogens is 325 g/mol. The van der Waals surface area contributed by atoms with Crippen LogP contribution in [0.5, 0.6) is 5.75 Å². The topological polar surface area (TPSA) is 67.4 Å². The summed E-state index contributed by atoms with van der Waals surface area (Å²) in [7, 11) is 0. The molecule has 24 heavy (non-hydrogen) atoms. The molecule has 130 valence electrons. The Labute approximate surface area is 136 Å². The van der Waals surface area contributed by atoms with E-state index in [0.29, 0.717) is 6.42 Å². The summed E-state index contributed by atoms with van der Waals surface area (Å²) in [6, 6.07) is 2.40. The third-order valence-corrected chi connectivity index (χ3v) is 3.51. The number of hydrogen-bond acceptors (Lipinski definition) is 3. The van der Waals surface area contributed by atoms with Gasteiger partial charge >= 0.3 is 6.18 Å². The third kappa shape index (κ3) is 4.50. The fraction of sp³-hybridized carbons (Fsp3) is 0.375. The second kappa shape index (κ2) is 7.37. The van der Waals surface area contributed by atoms with Crippen LogP contribution in [0.1, 0.15) is 28.8 Å². The van der Waals surface area contributed by atoms with E-state index in [1.807, 2.05) is 0 Å². The van der Waals surface area contributed by atoms with E-state index in [0.717, 1.165) is 18.2 Å². The van der Waals surface area contributed by atoms with Gasteiger partial charge in [-0.2, -0.15) is 13.2 Å². The summed E-state index contributed by atoms with van der Waals surface area (Å²) in [5, 5.41) is 5.22. The second-order valence-electron chi connectivity index (χ2n) is 5.32. The van der Waals surface area contributed by atoms with Crippen LogP contribution in [-0.4, -0.2) is 31.0 Å². The van der Waals surface area contributed by atoms with Gasteiger partial charge in [0.15, 0.2) is 0 Å². The molecule has 0 spiro atoms. The lowest BCUT2D eigenvalue weighted by atomic mass is 10.0. The van der Waals surface area contributed by atoms with Gasteiger partial charge in [-0.05, 0) is 24.6 Å². The lowest BCUT2D eigenvalue weighted by Crippen LogP contribution is -2.47. The minimum atomic E-state index is -4.56. The highest BCUT2D eigenvalue weighted by Gasteiger charge is 2.32. The van der Waals surface area contributed by atoms with Gasteiger partial charge in [-0.15, -0.1) is 0 Å². The van der Waals surface area contributed by atoms with Gasteiger partial charge in [0.05, 0.1) is 11.1 Å². The fourth-order valence-electron chi connectivity index (χ4n) is 2.28. The van der Waals surface area contributed by atoms with E-state index in [9.17, 15) is 22.8 Å². The van der Waals surface area contributed by atoms with Crippen molar-refractivity contribution in [3.05, 3.63) is 42.0 Å². The number of benzene rings is 1. The quantitative estimate of drug-likeness (QED) is 0.807. The van der Waals surface area contributed by atoms with Crippen molar-refractivity contribution in [2.45, 2.75) is 25.1 Å². The Morgan fingerprint density at radius 2 is 2.21 bits per heavy atom. The number of ether oxygens (including phenoxy) is 1. The molecule has 1 aliphatic heterocycles. The molecule has 2 N–H and O–H groups in total. The Kier molecular flexibility index (Phi) is 5.48. The van der Waals surface area contributed by atoms with Crippen LogP contribution in [0.15, 0.2) is 30.9 Å². The van der Waals surface area contributed by atoms with Crippen LogP contribution in [0, 0.1) is 0 Å². The van der Waals surface area contributed by atoms with Gasteiger partial charge in [0.1, 0.15) is 12.4 Å². The van der Waals surface area contributed by atoms with E-state index in [-0.39, 0.29) is 42.8 Å². The number of carbonyl (C=O) groups is 2. The van der Waals surface area contributed by atoms with Crippen LogP contribution in [0.4, 0.5) is 13.2 Å². The van der Waals surface area contributed by atoms with Crippen molar-refractivity contribution in [1.29, 1.82) is 0 Å². The first-order valence-corrected chi connectivity index (χ1v) is 7.33. The molecule has 0 saturated carbocycles. The number of amides is 2. The average molecular weight is 342 g/mol. The largest absolute Gasteiger partial charge is 0.489 e. The van der Waals surface area contributed by atoms with Gasteiger partial charge in [-0.3, -0.25) is 9.59 Å². The molecule has 1 atom stereocenters. The molecule has 8 heteroatoms. The number of alkyl halides is 3. The van der Waals surface area contributed by atoms with E-state index < -0.39 is 17.6 Å². The number of halogens is 3. The predicted molar refractivity (Wildman–Crippen MR) is 80.6 cm³/mol. The minimum Gasteiger partial charge on any atom is -0.489 e. The number of rotatable bonds is 5. The second-order valence-corrected chi connectivity index (χ2v) is 5.32. The molecule has 1 aromatic rings. The normalized spacial score (nSPS) is 17.8. The zero-order valence-electron chi connectivity index (χ0n) is 12.8. The van der Waals surface area contributed by atoms with E-state index in [2.05, 4.69) is 17.2 Å². The average Bonchev–Trinajstić information content (AvgIpc) is 2.54. The van der Waals surface area contributed by atoms with Crippen molar-refractivity contribution in [2.75, 3.05) is 13.2 Å². The van der Waals surface area contributed by atoms with Gasteiger partial charge in [-0.1, -0.05) is 12.7 Å². The Bertz CT molecular complexity index is 634. The van der Waals surface area contributed by atoms with Crippen molar-refractivity contribution >= 4 is 11.8 Å². The van der Waals surface area contributed by atoms with Gasteiger partial charge in [0.2, 0.25) is 5.91 Å². The van der Waals surface area contributed by atoms with Crippen LogP contribution in [-0.2, 0) is 11.0 Å². The first-order valence-electron chi connectivity index (χ1n) is 7.33. The fourth-order valence-corrected chi connectivity index (χ4v) is 2.28. The van der Waals surface area contributed by atoms with E-state index >= 15 is 0 Å². The summed E-state index contributed by atoms with van der Waals surface area (Å²) < 4.78 is 43.9. The lowest BCUT2D eigenvalue weighted by Gasteiger charge is -2.24. The molecule has 1 saturated heterocycles. The van der Waals surface area contributed by atoms with Gasteiger partial charge in [-0.25, -0.2) is 0 Å². The van der Waals surface area contributed by atoms with Crippen molar-refractivity contribution in [3.63, 3.8) is 0 Å². The molecule has 2 amide bonds. The monoisotopic (exact) mass is 342 g/mol. The maximum atomic E-state index is 12.9. The smallest absolute Gasteiger partial charge is 0.416 e. The highest BCUT2D eigenvalue weighted by atomic mass is 19.4. The van der Waals surface area contributed by atoms with Gasteiger partial charge < -0.3 is 15.4 Å². The summed E-state index contributed by atoms with van der Waals surface area (Å²) in [4.78, 5) is 23.5. The molecule has 1 aliphatic rings. The van der Waals surface area contributed by atoms with E-state index in [1.54, 1.807) is 0 Å². The van der Waals surface area contributed by atoms with Crippen molar-refractivity contribution in [3.8, 4) is 5.75 Å². The molecule has 0 radical (unpaired) electrons. The summed E-state index contributed by atoms with van der Waals surface area (Å²) in [5.74, 6) is -0.754. The maximum Gasteiger partial charge on any atom is 0.416 e. The Morgan fingerprint density at radius 3 is 2.79 bits per heavy atom. The molecule has 0 unspecified atom stereocenters. The minimum absolute atomic E-state index is 0.0419. The highest BCUT2D eigenvalue weighted by molar-refractivity contribution is 5.97. The molecule has 0 bridgehead atoms. The molecule has 1 heterocycles. The zero-order chi connectivity index (χ0) is 17.7. The third-order valence-electron chi connectivity index (χ3n) is 3.51.